The van der Waals surface area contributed by atoms with Gasteiger partial charge >= 0.3 is 7.60 Å². The molecule has 124 valence electrons. The van der Waals surface area contributed by atoms with Gasteiger partial charge in [-0.15, -0.1) is 0 Å². The Morgan fingerprint density at radius 1 is 1.10 bits per heavy atom. The van der Waals surface area contributed by atoms with Crippen LogP contribution in [0.2, 0.25) is 0 Å². The average Bonchev–Trinajstić information content (AvgIpc) is 2.46. The number of nitrogens with zero attached hydrogens (tertiary/aromatic N) is 1. The van der Waals surface area contributed by atoms with Gasteiger partial charge in [0, 0.05) is 13.1 Å². The minimum atomic E-state index is -2.89. The number of likely N-dealkylation sites (N-methyl/N-ethyl adjacent to an activating group) is 1. The van der Waals surface area contributed by atoms with Crippen molar-refractivity contribution in [2.75, 3.05) is 32.5 Å². The number of unbranched alkanes of at least 4 members (excludes halogenated alkanes) is 3. The second kappa shape index (κ2) is 12.0. The van der Waals surface area contributed by atoms with Gasteiger partial charge < -0.3 is 13.9 Å². The van der Waals surface area contributed by atoms with Gasteiger partial charge in [-0.05, 0) is 39.7 Å². The Kier molecular flexibility index (Phi) is 11.6. The molecule has 0 heterocycles. The molecule has 0 unspecified atom stereocenters. The first-order valence-electron chi connectivity index (χ1n) is 7.82. The minimum absolute atomic E-state index is 0.0188. The van der Waals surface area contributed by atoms with E-state index in [1.54, 1.807) is 4.90 Å². The Morgan fingerprint density at radius 2 is 1.67 bits per heavy atom. The highest BCUT2D eigenvalue weighted by molar-refractivity contribution is 7.53. The van der Waals surface area contributed by atoms with Gasteiger partial charge in [-0.3, -0.25) is 9.36 Å². The van der Waals surface area contributed by atoms with E-state index in [0.717, 1.165) is 32.2 Å². The van der Waals surface area contributed by atoms with Crippen molar-refractivity contribution in [1.29, 1.82) is 0 Å². The van der Waals surface area contributed by atoms with E-state index in [4.69, 9.17) is 9.05 Å². The Morgan fingerprint density at radius 3 is 2.14 bits per heavy atom. The topological polar surface area (TPSA) is 55.8 Å². The molecule has 0 aromatic rings. The van der Waals surface area contributed by atoms with Crippen molar-refractivity contribution >= 4 is 13.5 Å². The molecule has 0 saturated heterocycles. The third kappa shape index (κ3) is 9.07. The van der Waals surface area contributed by atoms with Gasteiger partial charge in [-0.1, -0.05) is 19.4 Å². The summed E-state index contributed by atoms with van der Waals surface area (Å²) in [6.45, 7) is 11.4. The van der Waals surface area contributed by atoms with Crippen LogP contribution < -0.4 is 0 Å². The molecule has 0 rings (SSSR count). The predicted molar refractivity (Wildman–Crippen MR) is 86.6 cm³/mol. The van der Waals surface area contributed by atoms with E-state index in [0.29, 0.717) is 25.9 Å². The van der Waals surface area contributed by atoms with Gasteiger partial charge in [0.15, 0.2) is 0 Å². The van der Waals surface area contributed by atoms with E-state index in [2.05, 4.69) is 6.58 Å². The molecule has 0 spiro atoms. The lowest BCUT2D eigenvalue weighted by Crippen LogP contribution is -2.29. The minimum Gasteiger partial charge on any atom is -0.339 e. The summed E-state index contributed by atoms with van der Waals surface area (Å²) in [4.78, 5) is 13.3. The monoisotopic (exact) mass is 319 g/mol. The third-order valence-corrected chi connectivity index (χ3v) is 5.30. The van der Waals surface area contributed by atoms with Crippen molar-refractivity contribution in [1.82, 2.24) is 4.90 Å². The van der Waals surface area contributed by atoms with E-state index in [1.165, 1.54) is 6.08 Å². The molecule has 0 atom stereocenters. The van der Waals surface area contributed by atoms with Crippen LogP contribution >= 0.6 is 7.60 Å². The molecule has 0 aliphatic carbocycles. The molecule has 0 radical (unpaired) electrons. The smallest absolute Gasteiger partial charge is 0.330 e. The fraction of sp³-hybridized carbons (Fsp3) is 0.800. The van der Waals surface area contributed by atoms with Crippen LogP contribution in [0.5, 0.6) is 0 Å². The SMILES string of the molecule is C=CC(=O)N(CC)CCCCCCP(=O)(OCC)OCC. The fourth-order valence-electron chi connectivity index (χ4n) is 2.07. The highest BCUT2D eigenvalue weighted by atomic mass is 31.2. The van der Waals surface area contributed by atoms with Crippen molar-refractivity contribution < 1.29 is 18.4 Å². The molecule has 0 fully saturated rings. The van der Waals surface area contributed by atoms with Crippen molar-refractivity contribution in [3.63, 3.8) is 0 Å². The quantitative estimate of drug-likeness (QED) is 0.294. The maximum Gasteiger partial charge on any atom is 0.330 e. The van der Waals surface area contributed by atoms with Gasteiger partial charge in [0.1, 0.15) is 0 Å². The van der Waals surface area contributed by atoms with Crippen molar-refractivity contribution in [3.8, 4) is 0 Å². The van der Waals surface area contributed by atoms with E-state index in [1.807, 2.05) is 20.8 Å². The van der Waals surface area contributed by atoms with Crippen LogP contribution in [0.4, 0.5) is 0 Å². The Labute approximate surface area is 129 Å². The first kappa shape index (κ1) is 20.4. The predicted octanol–water partition coefficient (Wildman–Crippen LogP) is 3.85. The van der Waals surface area contributed by atoms with Crippen LogP contribution in [-0.4, -0.2) is 43.3 Å². The van der Waals surface area contributed by atoms with Crippen molar-refractivity contribution in [3.05, 3.63) is 12.7 Å². The molecule has 0 aliphatic heterocycles. The Balaban J connectivity index is 3.87. The van der Waals surface area contributed by atoms with Gasteiger partial charge in [-0.2, -0.15) is 0 Å². The summed E-state index contributed by atoms with van der Waals surface area (Å²) in [5, 5.41) is 0. The third-order valence-electron chi connectivity index (χ3n) is 3.13. The van der Waals surface area contributed by atoms with Gasteiger partial charge in [0.05, 0.1) is 19.4 Å². The Hall–Kier alpha value is -0.640. The lowest BCUT2D eigenvalue weighted by molar-refractivity contribution is -0.125. The maximum absolute atomic E-state index is 12.2. The zero-order valence-corrected chi connectivity index (χ0v) is 14.6. The molecule has 0 bridgehead atoms. The number of hydrogen-bond acceptors (Lipinski definition) is 4. The normalized spacial score (nSPS) is 11.4. The second-order valence-corrected chi connectivity index (χ2v) is 6.89. The fourth-order valence-corrected chi connectivity index (χ4v) is 3.81. The maximum atomic E-state index is 12.2. The first-order chi connectivity index (χ1) is 10.0. The van der Waals surface area contributed by atoms with Crippen LogP contribution in [0.3, 0.4) is 0 Å². The average molecular weight is 319 g/mol. The zero-order valence-electron chi connectivity index (χ0n) is 13.7. The summed E-state index contributed by atoms with van der Waals surface area (Å²) in [7, 11) is -2.89. The highest BCUT2D eigenvalue weighted by Gasteiger charge is 2.22. The van der Waals surface area contributed by atoms with Crippen LogP contribution in [0.15, 0.2) is 12.7 Å². The van der Waals surface area contributed by atoms with Crippen LogP contribution in [0.25, 0.3) is 0 Å². The molecule has 0 aromatic heterocycles. The van der Waals surface area contributed by atoms with E-state index in [-0.39, 0.29) is 5.91 Å². The number of hydrogen-bond donors (Lipinski definition) is 0. The summed E-state index contributed by atoms with van der Waals surface area (Å²) < 4.78 is 22.7. The molecule has 0 aliphatic rings. The van der Waals surface area contributed by atoms with Gasteiger partial charge in [0.25, 0.3) is 0 Å². The second-order valence-electron chi connectivity index (χ2n) is 4.71. The van der Waals surface area contributed by atoms with Crippen LogP contribution in [0, 0.1) is 0 Å². The zero-order chi connectivity index (χ0) is 16.1. The molecule has 6 heteroatoms. The number of amides is 1. The van der Waals surface area contributed by atoms with Crippen LogP contribution in [-0.2, 0) is 18.4 Å². The standard InChI is InChI=1S/C15H30NO4P/c1-5-15(17)16(6-2)13-11-9-10-12-14-21(18,19-7-3)20-8-4/h5H,1,6-14H2,2-4H3. The molecule has 0 saturated carbocycles. The molecular weight excluding hydrogens is 289 g/mol. The molecule has 0 N–H and O–H groups in total. The van der Waals surface area contributed by atoms with Gasteiger partial charge in [0.2, 0.25) is 5.91 Å². The highest BCUT2D eigenvalue weighted by Crippen LogP contribution is 2.48. The van der Waals surface area contributed by atoms with E-state index in [9.17, 15) is 9.36 Å². The molecule has 1 amide bonds. The molecule has 5 nitrogen and oxygen atoms in total. The number of rotatable bonds is 13. The lowest BCUT2D eigenvalue weighted by Gasteiger charge is -2.19. The Bertz CT molecular complexity index is 337. The number of carbonyl (C=O) groups is 1. The van der Waals surface area contributed by atoms with Crippen LogP contribution in [0.1, 0.15) is 46.5 Å². The summed E-state index contributed by atoms with van der Waals surface area (Å²) in [5.41, 5.74) is 0. The summed E-state index contributed by atoms with van der Waals surface area (Å²) in [5.74, 6) is -0.0188. The van der Waals surface area contributed by atoms with E-state index >= 15 is 0 Å². The largest absolute Gasteiger partial charge is 0.339 e. The van der Waals surface area contributed by atoms with Gasteiger partial charge in [-0.25, -0.2) is 0 Å². The molecular formula is C15H30NO4P. The molecule has 0 aromatic carbocycles. The molecule has 21 heavy (non-hydrogen) atoms. The first-order valence-corrected chi connectivity index (χ1v) is 9.55. The summed E-state index contributed by atoms with van der Waals surface area (Å²) in [6.07, 6.45) is 5.55. The summed E-state index contributed by atoms with van der Waals surface area (Å²) in [6, 6.07) is 0. The van der Waals surface area contributed by atoms with Crippen molar-refractivity contribution in [2.45, 2.75) is 46.5 Å². The summed E-state index contributed by atoms with van der Waals surface area (Å²) >= 11 is 0. The van der Waals surface area contributed by atoms with Crippen molar-refractivity contribution in [2.24, 2.45) is 0 Å². The lowest BCUT2D eigenvalue weighted by atomic mass is 10.2. The van der Waals surface area contributed by atoms with E-state index < -0.39 is 7.60 Å². The number of carbonyl (C=O) groups excluding carboxylic acids is 1.